The molecule has 0 amide bonds. The van der Waals surface area contributed by atoms with Crippen LogP contribution in [-0.4, -0.2) is 51.5 Å². The second-order valence-electron chi connectivity index (χ2n) is 7.67. The van der Waals surface area contributed by atoms with Gasteiger partial charge in [-0.1, -0.05) is 6.08 Å². The van der Waals surface area contributed by atoms with Crippen LogP contribution in [0.5, 0.6) is 0 Å². The summed E-state index contributed by atoms with van der Waals surface area (Å²) in [5.74, 6) is 1.26. The van der Waals surface area contributed by atoms with Gasteiger partial charge < -0.3 is 15.5 Å². The maximum Gasteiger partial charge on any atom is 0.246 e. The van der Waals surface area contributed by atoms with E-state index in [0.29, 0.717) is 36.6 Å². The summed E-state index contributed by atoms with van der Waals surface area (Å²) in [6, 6.07) is 7.97. The molecule has 0 spiro atoms. The van der Waals surface area contributed by atoms with E-state index in [4.69, 9.17) is 0 Å². The Labute approximate surface area is 179 Å². The summed E-state index contributed by atoms with van der Waals surface area (Å²) >= 11 is 0. The number of carbonyl (C=O) groups is 1. The fourth-order valence-corrected chi connectivity index (χ4v) is 4.03. The number of hydrogen-bond donors (Lipinski definition) is 2. The van der Waals surface area contributed by atoms with Gasteiger partial charge in [-0.2, -0.15) is 5.26 Å². The average Bonchev–Trinajstić information content (AvgIpc) is 3.19. The lowest BCUT2D eigenvalue weighted by atomic mass is 9.95. The van der Waals surface area contributed by atoms with Crippen molar-refractivity contribution in [1.82, 2.24) is 24.9 Å². The first-order valence-electron chi connectivity index (χ1n) is 10.4. The number of hydrogen-bond acceptors (Lipinski definition) is 8. The SMILES string of the molecule is N#Cc1cc2cnc(Nc3ccc(N4CCNCC4)cn3)nn2c1C1=CCC(=O)CC1. The normalized spacial score (nSPS) is 16.8. The lowest BCUT2D eigenvalue weighted by molar-refractivity contribution is -0.118. The number of piperazine rings is 1. The van der Waals surface area contributed by atoms with Crippen LogP contribution >= 0.6 is 0 Å². The van der Waals surface area contributed by atoms with Crippen molar-refractivity contribution in [3.05, 3.63) is 47.9 Å². The number of nitrogens with zero attached hydrogens (tertiary/aromatic N) is 6. The van der Waals surface area contributed by atoms with Crippen molar-refractivity contribution in [1.29, 1.82) is 5.26 Å². The zero-order chi connectivity index (χ0) is 21.2. The molecule has 0 bridgehead atoms. The Balaban J connectivity index is 1.42. The van der Waals surface area contributed by atoms with Crippen LogP contribution in [0.25, 0.3) is 11.1 Å². The molecule has 0 radical (unpaired) electrons. The van der Waals surface area contributed by atoms with E-state index in [0.717, 1.165) is 48.7 Å². The van der Waals surface area contributed by atoms with Crippen LogP contribution in [0.1, 0.15) is 30.5 Å². The van der Waals surface area contributed by atoms with Crippen molar-refractivity contribution in [2.75, 3.05) is 36.4 Å². The third-order valence-corrected chi connectivity index (χ3v) is 5.66. The van der Waals surface area contributed by atoms with Gasteiger partial charge in [0.15, 0.2) is 0 Å². The molecule has 31 heavy (non-hydrogen) atoms. The van der Waals surface area contributed by atoms with Crippen LogP contribution in [0.2, 0.25) is 0 Å². The minimum atomic E-state index is 0.218. The molecular weight excluding hydrogens is 392 g/mol. The molecule has 1 fully saturated rings. The third kappa shape index (κ3) is 3.85. The van der Waals surface area contributed by atoms with Crippen LogP contribution in [0.15, 0.2) is 36.7 Å². The molecule has 9 nitrogen and oxygen atoms in total. The van der Waals surface area contributed by atoms with E-state index >= 15 is 0 Å². The van der Waals surface area contributed by atoms with Crippen molar-refractivity contribution in [3.63, 3.8) is 0 Å². The summed E-state index contributed by atoms with van der Waals surface area (Å²) in [5, 5.41) is 20.7. The van der Waals surface area contributed by atoms with E-state index in [1.807, 2.05) is 24.4 Å². The summed E-state index contributed by atoms with van der Waals surface area (Å²) in [4.78, 5) is 22.8. The summed E-state index contributed by atoms with van der Waals surface area (Å²) < 4.78 is 1.73. The number of nitrogens with one attached hydrogen (secondary N) is 2. The zero-order valence-corrected chi connectivity index (χ0v) is 17.0. The molecule has 0 aromatic carbocycles. The summed E-state index contributed by atoms with van der Waals surface area (Å²) in [5.41, 5.74) is 4.06. The zero-order valence-electron chi connectivity index (χ0n) is 17.0. The van der Waals surface area contributed by atoms with E-state index in [9.17, 15) is 10.1 Å². The molecule has 3 aromatic heterocycles. The highest BCUT2D eigenvalue weighted by molar-refractivity contribution is 5.87. The monoisotopic (exact) mass is 414 g/mol. The topological polar surface area (TPSA) is 111 Å². The highest BCUT2D eigenvalue weighted by Gasteiger charge is 2.20. The van der Waals surface area contributed by atoms with Gasteiger partial charge in [-0.3, -0.25) is 4.79 Å². The number of rotatable bonds is 4. The molecule has 1 aliphatic carbocycles. The van der Waals surface area contributed by atoms with E-state index < -0.39 is 0 Å². The average molecular weight is 414 g/mol. The fourth-order valence-electron chi connectivity index (χ4n) is 4.03. The predicted octanol–water partition coefficient (Wildman–Crippen LogP) is 2.29. The molecule has 1 saturated heterocycles. The van der Waals surface area contributed by atoms with E-state index in [1.54, 1.807) is 16.8 Å². The predicted molar refractivity (Wildman–Crippen MR) is 117 cm³/mol. The van der Waals surface area contributed by atoms with Gasteiger partial charge in [-0.05, 0) is 30.2 Å². The second kappa shape index (κ2) is 8.16. The molecule has 5 rings (SSSR count). The number of Topliss-reactive ketones (excluding diaryl/α,β-unsaturated/α-hetero) is 1. The maximum absolute atomic E-state index is 11.6. The summed E-state index contributed by atoms with van der Waals surface area (Å²) in [7, 11) is 0. The van der Waals surface area contributed by atoms with E-state index in [1.165, 1.54) is 0 Å². The van der Waals surface area contributed by atoms with Gasteiger partial charge in [-0.25, -0.2) is 14.5 Å². The Kier molecular flexibility index (Phi) is 5.06. The number of anilines is 3. The van der Waals surface area contributed by atoms with E-state index in [-0.39, 0.29) is 5.78 Å². The molecule has 2 aliphatic rings. The minimum absolute atomic E-state index is 0.218. The molecule has 0 atom stereocenters. The summed E-state index contributed by atoms with van der Waals surface area (Å²) in [6.45, 7) is 3.88. The first-order chi connectivity index (χ1) is 15.2. The van der Waals surface area contributed by atoms with Crippen LogP contribution < -0.4 is 15.5 Å². The standard InChI is InChI=1S/C22H22N8O/c23-12-16-11-18-14-26-22(28-30(18)21(16)15-1-4-19(31)5-2-15)27-20-6-3-17(13-25-20)29-9-7-24-8-10-29/h1,3,6,11,13-14,24H,2,4-5,7-10H2,(H,25,27,28). The fraction of sp³-hybridized carbons (Fsp3) is 0.318. The van der Waals surface area contributed by atoms with Gasteiger partial charge in [0.25, 0.3) is 0 Å². The van der Waals surface area contributed by atoms with Crippen LogP contribution in [0.4, 0.5) is 17.5 Å². The first-order valence-corrected chi connectivity index (χ1v) is 10.4. The van der Waals surface area contributed by atoms with Crippen molar-refractivity contribution in [2.45, 2.75) is 19.3 Å². The molecule has 9 heteroatoms. The number of allylic oxidation sites excluding steroid dienone is 2. The Bertz CT molecular complexity index is 1200. The Morgan fingerprint density at radius 1 is 1.13 bits per heavy atom. The minimum Gasteiger partial charge on any atom is -0.368 e. The van der Waals surface area contributed by atoms with Gasteiger partial charge >= 0.3 is 0 Å². The second-order valence-corrected chi connectivity index (χ2v) is 7.67. The van der Waals surface area contributed by atoms with Gasteiger partial charge in [0.2, 0.25) is 5.95 Å². The smallest absolute Gasteiger partial charge is 0.246 e. The van der Waals surface area contributed by atoms with Crippen LogP contribution in [0.3, 0.4) is 0 Å². The highest BCUT2D eigenvalue weighted by Crippen LogP contribution is 2.30. The molecular formula is C22H22N8O. The molecule has 156 valence electrons. The Morgan fingerprint density at radius 3 is 2.71 bits per heavy atom. The lowest BCUT2D eigenvalue weighted by Gasteiger charge is -2.29. The molecule has 0 saturated carbocycles. The highest BCUT2D eigenvalue weighted by atomic mass is 16.1. The van der Waals surface area contributed by atoms with Crippen molar-refractivity contribution < 1.29 is 4.79 Å². The molecule has 4 heterocycles. The quantitative estimate of drug-likeness (QED) is 0.669. The van der Waals surface area contributed by atoms with Gasteiger partial charge in [0, 0.05) is 39.0 Å². The van der Waals surface area contributed by atoms with E-state index in [2.05, 4.69) is 36.7 Å². The van der Waals surface area contributed by atoms with Crippen molar-refractivity contribution >= 4 is 34.3 Å². The first kappa shape index (κ1) is 19.2. The number of pyridine rings is 1. The molecule has 0 unspecified atom stereocenters. The number of aromatic nitrogens is 4. The van der Waals surface area contributed by atoms with Gasteiger partial charge in [-0.15, -0.1) is 5.10 Å². The van der Waals surface area contributed by atoms with Gasteiger partial charge in [0.1, 0.15) is 17.7 Å². The number of carbonyl (C=O) groups excluding carboxylic acids is 1. The van der Waals surface area contributed by atoms with Crippen LogP contribution in [0, 0.1) is 11.3 Å². The summed E-state index contributed by atoms with van der Waals surface area (Å²) in [6.07, 6.45) is 6.94. The number of ketones is 1. The molecule has 1 aliphatic heterocycles. The Morgan fingerprint density at radius 2 is 2.00 bits per heavy atom. The number of nitriles is 1. The van der Waals surface area contributed by atoms with Crippen molar-refractivity contribution in [3.8, 4) is 6.07 Å². The maximum atomic E-state index is 11.6. The molecule has 3 aromatic rings. The van der Waals surface area contributed by atoms with Gasteiger partial charge in [0.05, 0.1) is 34.9 Å². The third-order valence-electron chi connectivity index (χ3n) is 5.66. The lowest BCUT2D eigenvalue weighted by Crippen LogP contribution is -2.43. The largest absolute Gasteiger partial charge is 0.368 e. The molecule has 2 N–H and O–H groups in total. The van der Waals surface area contributed by atoms with Crippen LogP contribution in [-0.2, 0) is 4.79 Å². The number of fused-ring (bicyclic) bond motifs is 1. The van der Waals surface area contributed by atoms with Crippen molar-refractivity contribution in [2.24, 2.45) is 0 Å². The Hall–Kier alpha value is -3.77.